The summed E-state index contributed by atoms with van der Waals surface area (Å²) in [6.45, 7) is 1.90. The van der Waals surface area contributed by atoms with Crippen LogP contribution in [0.3, 0.4) is 0 Å². The van der Waals surface area contributed by atoms with Crippen LogP contribution in [0.15, 0.2) is 79.1 Å². The Morgan fingerprint density at radius 2 is 1.81 bits per heavy atom. The van der Waals surface area contributed by atoms with Crippen molar-refractivity contribution in [1.29, 1.82) is 0 Å². The molecule has 0 radical (unpaired) electrons. The lowest BCUT2D eigenvalue weighted by Crippen LogP contribution is -2.18. The van der Waals surface area contributed by atoms with Gasteiger partial charge >= 0.3 is 0 Å². The number of amides is 1. The van der Waals surface area contributed by atoms with Crippen molar-refractivity contribution in [3.8, 4) is 22.6 Å². The van der Waals surface area contributed by atoms with Crippen LogP contribution in [-0.2, 0) is 4.79 Å². The highest BCUT2D eigenvalue weighted by Crippen LogP contribution is 2.31. The first kappa shape index (κ1) is 18.7. The first-order valence-electron chi connectivity index (χ1n) is 9.99. The van der Waals surface area contributed by atoms with Gasteiger partial charge in [0.2, 0.25) is 5.91 Å². The monoisotopic (exact) mass is 408 g/mol. The number of benzene rings is 3. The Hall–Kier alpha value is -4.26. The third-order valence-electron chi connectivity index (χ3n) is 5.35. The molecule has 1 atom stereocenters. The van der Waals surface area contributed by atoms with Crippen LogP contribution in [0.5, 0.6) is 0 Å². The maximum Gasteiger partial charge on any atom is 0.231 e. The van der Waals surface area contributed by atoms with E-state index in [2.05, 4.69) is 30.7 Å². The topological polar surface area (TPSA) is 99.3 Å². The normalized spacial score (nSPS) is 12.0. The molecule has 0 saturated carbocycles. The highest BCUT2D eigenvalue weighted by atomic mass is 16.1. The van der Waals surface area contributed by atoms with Gasteiger partial charge in [0, 0.05) is 22.2 Å². The number of anilines is 1. The standard InChI is InChI=1S/C24H20N6O/c1-15(16-6-3-2-4-7-16)24(31)27-19-9-5-8-17(12-19)22-20-13-18(23-25-14-26-30-23)10-11-21(20)28-29-22/h2-15H,1H3,(H,27,31)(H,28,29)(H,25,26,30)/t15-/m1/s1. The Bertz CT molecular complexity index is 1340. The van der Waals surface area contributed by atoms with Crippen LogP contribution in [0.4, 0.5) is 5.69 Å². The molecule has 31 heavy (non-hydrogen) atoms. The average Bonchev–Trinajstić information content (AvgIpc) is 3.49. The highest BCUT2D eigenvalue weighted by Gasteiger charge is 2.16. The zero-order chi connectivity index (χ0) is 21.2. The number of H-pyrrole nitrogens is 2. The van der Waals surface area contributed by atoms with Gasteiger partial charge in [-0.05, 0) is 42.8 Å². The minimum Gasteiger partial charge on any atom is -0.326 e. The van der Waals surface area contributed by atoms with Gasteiger partial charge in [0.15, 0.2) is 5.82 Å². The number of nitrogens with one attached hydrogen (secondary N) is 3. The van der Waals surface area contributed by atoms with E-state index >= 15 is 0 Å². The Balaban J connectivity index is 1.44. The molecule has 7 heteroatoms. The second kappa shape index (κ2) is 7.87. The van der Waals surface area contributed by atoms with E-state index in [1.54, 1.807) is 0 Å². The fraction of sp³-hybridized carbons (Fsp3) is 0.0833. The maximum atomic E-state index is 12.7. The van der Waals surface area contributed by atoms with E-state index in [9.17, 15) is 4.79 Å². The molecule has 0 fully saturated rings. The Kier molecular flexibility index (Phi) is 4.76. The largest absolute Gasteiger partial charge is 0.326 e. The summed E-state index contributed by atoms with van der Waals surface area (Å²) in [4.78, 5) is 17.0. The molecule has 0 aliphatic carbocycles. The summed E-state index contributed by atoms with van der Waals surface area (Å²) in [6.07, 6.45) is 1.48. The number of aromatic nitrogens is 5. The molecule has 5 rings (SSSR count). The van der Waals surface area contributed by atoms with Crippen molar-refractivity contribution in [2.24, 2.45) is 0 Å². The Morgan fingerprint density at radius 1 is 0.935 bits per heavy atom. The Morgan fingerprint density at radius 3 is 2.61 bits per heavy atom. The fourth-order valence-electron chi connectivity index (χ4n) is 3.61. The van der Waals surface area contributed by atoms with Gasteiger partial charge < -0.3 is 5.32 Å². The molecule has 2 heterocycles. The molecule has 7 nitrogen and oxygen atoms in total. The first-order valence-corrected chi connectivity index (χ1v) is 9.99. The summed E-state index contributed by atoms with van der Waals surface area (Å²) in [5.41, 5.74) is 5.27. The van der Waals surface area contributed by atoms with Gasteiger partial charge in [-0.1, -0.05) is 42.5 Å². The van der Waals surface area contributed by atoms with Crippen molar-refractivity contribution >= 4 is 22.5 Å². The molecular weight excluding hydrogens is 388 g/mol. The summed E-state index contributed by atoms with van der Waals surface area (Å²) in [6, 6.07) is 23.4. The molecule has 0 aliphatic rings. The van der Waals surface area contributed by atoms with E-state index in [1.165, 1.54) is 6.33 Å². The van der Waals surface area contributed by atoms with E-state index in [-0.39, 0.29) is 11.8 Å². The highest BCUT2D eigenvalue weighted by molar-refractivity contribution is 5.98. The van der Waals surface area contributed by atoms with Gasteiger partial charge in [0.1, 0.15) is 6.33 Å². The predicted octanol–water partition coefficient (Wildman–Crippen LogP) is 4.76. The van der Waals surface area contributed by atoms with Crippen molar-refractivity contribution in [1.82, 2.24) is 25.4 Å². The quantitative estimate of drug-likeness (QED) is 0.390. The molecule has 5 aromatic rings. The van der Waals surface area contributed by atoms with E-state index in [0.29, 0.717) is 5.82 Å². The fourth-order valence-corrected chi connectivity index (χ4v) is 3.61. The van der Waals surface area contributed by atoms with Crippen LogP contribution >= 0.6 is 0 Å². The lowest BCUT2D eigenvalue weighted by molar-refractivity contribution is -0.117. The third kappa shape index (κ3) is 3.69. The number of fused-ring (bicyclic) bond motifs is 1. The number of hydrogen-bond acceptors (Lipinski definition) is 4. The zero-order valence-corrected chi connectivity index (χ0v) is 16.8. The molecule has 152 valence electrons. The van der Waals surface area contributed by atoms with E-state index in [4.69, 9.17) is 0 Å². The summed E-state index contributed by atoms with van der Waals surface area (Å²) >= 11 is 0. The van der Waals surface area contributed by atoms with Crippen molar-refractivity contribution in [2.75, 3.05) is 5.32 Å². The molecule has 0 aliphatic heterocycles. The number of carbonyl (C=O) groups excluding carboxylic acids is 1. The van der Waals surface area contributed by atoms with Crippen LogP contribution in [0, 0.1) is 0 Å². The molecule has 3 aromatic carbocycles. The number of nitrogens with zero attached hydrogens (tertiary/aromatic N) is 3. The van der Waals surface area contributed by atoms with Gasteiger partial charge in [-0.15, -0.1) is 0 Å². The number of rotatable bonds is 5. The Labute approximate surface area is 178 Å². The summed E-state index contributed by atoms with van der Waals surface area (Å²) < 4.78 is 0. The molecule has 0 spiro atoms. The van der Waals surface area contributed by atoms with E-state index in [0.717, 1.165) is 39.0 Å². The van der Waals surface area contributed by atoms with Gasteiger partial charge in [0.25, 0.3) is 0 Å². The van der Waals surface area contributed by atoms with Crippen molar-refractivity contribution < 1.29 is 4.79 Å². The first-order chi connectivity index (χ1) is 15.2. The SMILES string of the molecule is C[C@@H](C(=O)Nc1cccc(-c2n[nH]c3ccc(-c4ncn[nH]4)cc23)c1)c1ccccc1. The van der Waals surface area contributed by atoms with Crippen LogP contribution in [0.1, 0.15) is 18.4 Å². The van der Waals surface area contributed by atoms with Gasteiger partial charge in [-0.2, -0.15) is 10.2 Å². The van der Waals surface area contributed by atoms with Crippen molar-refractivity contribution in [3.05, 3.63) is 84.7 Å². The average molecular weight is 408 g/mol. The van der Waals surface area contributed by atoms with Crippen molar-refractivity contribution in [2.45, 2.75) is 12.8 Å². The summed E-state index contributed by atoms with van der Waals surface area (Å²) in [7, 11) is 0. The molecule has 0 unspecified atom stereocenters. The minimum absolute atomic E-state index is 0.0529. The second-order valence-electron chi connectivity index (χ2n) is 7.37. The summed E-state index contributed by atoms with van der Waals surface area (Å²) in [5, 5.41) is 18.4. The molecular formula is C24H20N6O. The maximum absolute atomic E-state index is 12.7. The third-order valence-corrected chi connectivity index (χ3v) is 5.35. The number of hydrogen-bond donors (Lipinski definition) is 3. The molecule has 3 N–H and O–H groups in total. The zero-order valence-electron chi connectivity index (χ0n) is 16.8. The minimum atomic E-state index is -0.250. The lowest BCUT2D eigenvalue weighted by atomic mass is 10.00. The second-order valence-corrected chi connectivity index (χ2v) is 7.37. The smallest absolute Gasteiger partial charge is 0.231 e. The van der Waals surface area contributed by atoms with Gasteiger partial charge in [-0.3, -0.25) is 15.0 Å². The van der Waals surface area contributed by atoms with Crippen LogP contribution < -0.4 is 5.32 Å². The van der Waals surface area contributed by atoms with Crippen molar-refractivity contribution in [3.63, 3.8) is 0 Å². The van der Waals surface area contributed by atoms with Gasteiger partial charge in [-0.25, -0.2) is 4.98 Å². The summed E-state index contributed by atoms with van der Waals surface area (Å²) in [5.74, 6) is 0.397. The van der Waals surface area contributed by atoms with E-state index in [1.807, 2.05) is 79.7 Å². The molecule has 0 saturated heterocycles. The van der Waals surface area contributed by atoms with Crippen LogP contribution in [0.25, 0.3) is 33.5 Å². The molecule has 1 amide bonds. The van der Waals surface area contributed by atoms with Crippen LogP contribution in [0.2, 0.25) is 0 Å². The van der Waals surface area contributed by atoms with Gasteiger partial charge in [0.05, 0.1) is 17.1 Å². The lowest BCUT2D eigenvalue weighted by Gasteiger charge is -2.13. The molecule has 2 aromatic heterocycles. The van der Waals surface area contributed by atoms with E-state index < -0.39 is 0 Å². The molecule has 0 bridgehead atoms. The van der Waals surface area contributed by atoms with Crippen LogP contribution in [-0.4, -0.2) is 31.3 Å². The predicted molar refractivity (Wildman–Crippen MR) is 120 cm³/mol. The number of aromatic amines is 2. The number of carbonyl (C=O) groups is 1.